The molecular weight excluding hydrogens is 228 g/mol. The third-order valence-corrected chi connectivity index (χ3v) is 2.26. The summed E-state index contributed by atoms with van der Waals surface area (Å²) >= 11 is 5.63. The van der Waals surface area contributed by atoms with Crippen molar-refractivity contribution in [3.63, 3.8) is 0 Å². The minimum Gasteiger partial charge on any atom is -0.491 e. The zero-order chi connectivity index (χ0) is 10.6. The second-order valence-corrected chi connectivity index (χ2v) is 4.72. The fourth-order valence-corrected chi connectivity index (χ4v) is 1.23. The van der Waals surface area contributed by atoms with E-state index >= 15 is 0 Å². The second-order valence-electron chi connectivity index (χ2n) is 2.55. The van der Waals surface area contributed by atoms with Gasteiger partial charge in [0, 0.05) is 12.3 Å². The second kappa shape index (κ2) is 4.59. The number of nitrogens with zero attached hydrogens (tertiary/aromatic N) is 1. The lowest BCUT2D eigenvalue weighted by Crippen LogP contribution is -2.21. The van der Waals surface area contributed by atoms with Crippen molar-refractivity contribution < 1.29 is 13.2 Å². The zero-order valence-corrected chi connectivity index (χ0v) is 8.75. The van der Waals surface area contributed by atoms with Crippen molar-refractivity contribution in [3.05, 3.63) is 23.5 Å². The number of ether oxygens (including phenoxy) is 1. The highest BCUT2D eigenvalue weighted by Crippen LogP contribution is 2.14. The number of hydrogen-bond acceptors (Lipinski definition) is 4. The standard InChI is InChI=1S/C7H9ClN2O3S/c8-6-3-7(5-10-4-6)13-1-2-14(9,11)12/h3-5H,1-2H2,(H2,9,11,12). The van der Waals surface area contributed by atoms with Gasteiger partial charge >= 0.3 is 0 Å². The number of aromatic nitrogens is 1. The topological polar surface area (TPSA) is 82.3 Å². The van der Waals surface area contributed by atoms with Gasteiger partial charge in [0.25, 0.3) is 0 Å². The Morgan fingerprint density at radius 3 is 2.79 bits per heavy atom. The molecule has 0 bridgehead atoms. The van der Waals surface area contributed by atoms with Gasteiger partial charge in [0.15, 0.2) is 0 Å². The van der Waals surface area contributed by atoms with Gasteiger partial charge in [0.05, 0.1) is 17.0 Å². The van der Waals surface area contributed by atoms with Crippen LogP contribution in [0.2, 0.25) is 5.02 Å². The van der Waals surface area contributed by atoms with E-state index in [4.69, 9.17) is 21.5 Å². The molecule has 1 aromatic rings. The van der Waals surface area contributed by atoms with Gasteiger partial charge in [0.2, 0.25) is 10.0 Å². The molecule has 1 rings (SSSR count). The molecule has 0 aliphatic rings. The molecule has 0 amide bonds. The summed E-state index contributed by atoms with van der Waals surface area (Å²) < 4.78 is 26.1. The van der Waals surface area contributed by atoms with Crippen LogP contribution in [0, 0.1) is 0 Å². The molecule has 0 fully saturated rings. The molecule has 0 saturated carbocycles. The van der Waals surface area contributed by atoms with Crippen LogP contribution in [0.1, 0.15) is 0 Å². The molecule has 0 saturated heterocycles. The monoisotopic (exact) mass is 236 g/mol. The van der Waals surface area contributed by atoms with E-state index < -0.39 is 10.0 Å². The average molecular weight is 237 g/mol. The minimum atomic E-state index is -3.48. The summed E-state index contributed by atoms with van der Waals surface area (Å²) in [4.78, 5) is 3.76. The van der Waals surface area contributed by atoms with Gasteiger partial charge in [-0.15, -0.1) is 0 Å². The molecule has 0 spiro atoms. The van der Waals surface area contributed by atoms with Crippen LogP contribution in [0.5, 0.6) is 5.75 Å². The van der Waals surface area contributed by atoms with Crippen LogP contribution >= 0.6 is 11.6 Å². The number of hydrogen-bond donors (Lipinski definition) is 1. The Kier molecular flexibility index (Phi) is 3.68. The number of rotatable bonds is 4. The smallest absolute Gasteiger partial charge is 0.212 e. The van der Waals surface area contributed by atoms with Crippen molar-refractivity contribution >= 4 is 21.6 Å². The lowest BCUT2D eigenvalue weighted by atomic mass is 10.5. The largest absolute Gasteiger partial charge is 0.491 e. The van der Waals surface area contributed by atoms with Crippen molar-refractivity contribution in [1.82, 2.24) is 4.98 Å². The normalized spacial score (nSPS) is 11.3. The first-order valence-corrected chi connectivity index (χ1v) is 5.80. The van der Waals surface area contributed by atoms with Gasteiger partial charge < -0.3 is 4.74 Å². The molecule has 0 atom stereocenters. The summed E-state index contributed by atoms with van der Waals surface area (Å²) in [5, 5.41) is 5.21. The lowest BCUT2D eigenvalue weighted by Gasteiger charge is -2.04. The maximum Gasteiger partial charge on any atom is 0.212 e. The van der Waals surface area contributed by atoms with Crippen LogP contribution in [0.25, 0.3) is 0 Å². The third-order valence-electron chi connectivity index (χ3n) is 1.32. The molecular formula is C7H9ClN2O3S. The van der Waals surface area contributed by atoms with Crippen molar-refractivity contribution in [2.45, 2.75) is 0 Å². The molecule has 0 unspecified atom stereocenters. The summed E-state index contributed by atoms with van der Waals surface area (Å²) in [6.07, 6.45) is 2.89. The van der Waals surface area contributed by atoms with Crippen molar-refractivity contribution in [2.24, 2.45) is 5.14 Å². The third kappa shape index (κ3) is 4.40. The molecule has 5 nitrogen and oxygen atoms in total. The molecule has 14 heavy (non-hydrogen) atoms. The fraction of sp³-hybridized carbons (Fsp3) is 0.286. The van der Waals surface area contributed by atoms with Gasteiger partial charge in [-0.05, 0) is 0 Å². The molecule has 7 heteroatoms. The Hall–Kier alpha value is -0.850. The Morgan fingerprint density at radius 1 is 1.50 bits per heavy atom. The number of nitrogens with two attached hydrogens (primary N) is 1. The Balaban J connectivity index is 2.47. The van der Waals surface area contributed by atoms with E-state index in [0.29, 0.717) is 10.8 Å². The molecule has 78 valence electrons. The molecule has 0 radical (unpaired) electrons. The Labute approximate surface area is 86.9 Å². The van der Waals surface area contributed by atoms with E-state index in [1.165, 1.54) is 18.5 Å². The van der Waals surface area contributed by atoms with Gasteiger partial charge in [-0.25, -0.2) is 13.6 Å². The van der Waals surface area contributed by atoms with Crippen LogP contribution in [0.3, 0.4) is 0 Å². The van der Waals surface area contributed by atoms with Crippen LogP contribution < -0.4 is 9.88 Å². The maximum atomic E-state index is 10.5. The van der Waals surface area contributed by atoms with Gasteiger partial charge in [-0.3, -0.25) is 4.98 Å². The van der Waals surface area contributed by atoms with E-state index in [1.807, 2.05) is 0 Å². The fourth-order valence-electron chi connectivity index (χ4n) is 0.747. The molecule has 1 aromatic heterocycles. The van der Waals surface area contributed by atoms with E-state index in [1.54, 1.807) is 0 Å². The average Bonchev–Trinajstić information content (AvgIpc) is 2.01. The van der Waals surface area contributed by atoms with Gasteiger partial charge in [-0.2, -0.15) is 0 Å². The van der Waals surface area contributed by atoms with Gasteiger partial charge in [0.1, 0.15) is 12.4 Å². The predicted octanol–water partition coefficient (Wildman–Crippen LogP) is 0.402. The first-order valence-electron chi connectivity index (χ1n) is 3.71. The SMILES string of the molecule is NS(=O)(=O)CCOc1cncc(Cl)c1. The summed E-state index contributed by atoms with van der Waals surface area (Å²) in [5.41, 5.74) is 0. The maximum absolute atomic E-state index is 10.5. The van der Waals surface area contributed by atoms with Crippen LogP contribution in [0.15, 0.2) is 18.5 Å². The van der Waals surface area contributed by atoms with Gasteiger partial charge in [-0.1, -0.05) is 11.6 Å². The molecule has 0 aliphatic carbocycles. The van der Waals surface area contributed by atoms with Crippen LogP contribution in [0.4, 0.5) is 0 Å². The molecule has 0 aromatic carbocycles. The summed E-state index contributed by atoms with van der Waals surface area (Å²) in [7, 11) is -3.48. The molecule has 0 aliphatic heterocycles. The van der Waals surface area contributed by atoms with Crippen molar-refractivity contribution in [3.8, 4) is 5.75 Å². The van der Waals surface area contributed by atoms with Crippen LogP contribution in [-0.2, 0) is 10.0 Å². The summed E-state index contributed by atoms with van der Waals surface area (Å²) in [6, 6.07) is 1.54. The Bertz CT molecular complexity index is 407. The number of primary sulfonamides is 1. The number of pyridine rings is 1. The van der Waals surface area contributed by atoms with E-state index in [0.717, 1.165) is 0 Å². The summed E-state index contributed by atoms with van der Waals surface area (Å²) in [6.45, 7) is -0.0130. The predicted molar refractivity (Wildman–Crippen MR) is 52.7 cm³/mol. The quantitative estimate of drug-likeness (QED) is 0.821. The Morgan fingerprint density at radius 2 is 2.21 bits per heavy atom. The highest BCUT2D eigenvalue weighted by molar-refractivity contribution is 7.89. The van der Waals surface area contributed by atoms with Crippen molar-refractivity contribution in [1.29, 1.82) is 0 Å². The highest BCUT2D eigenvalue weighted by atomic mass is 35.5. The van der Waals surface area contributed by atoms with Crippen molar-refractivity contribution in [2.75, 3.05) is 12.4 Å². The molecule has 1 heterocycles. The van der Waals surface area contributed by atoms with E-state index in [-0.39, 0.29) is 12.4 Å². The van der Waals surface area contributed by atoms with Crippen LogP contribution in [-0.4, -0.2) is 25.8 Å². The van der Waals surface area contributed by atoms with E-state index in [2.05, 4.69) is 4.98 Å². The lowest BCUT2D eigenvalue weighted by molar-refractivity contribution is 0.339. The number of sulfonamides is 1. The summed E-state index contributed by atoms with van der Waals surface area (Å²) in [5.74, 6) is 0.181. The first kappa shape index (κ1) is 11.2. The minimum absolute atomic E-state index is 0.0130. The molecule has 2 N–H and O–H groups in total. The first-order chi connectivity index (χ1) is 6.47. The number of halogens is 1. The zero-order valence-electron chi connectivity index (χ0n) is 7.18. The highest BCUT2D eigenvalue weighted by Gasteiger charge is 2.03. The van der Waals surface area contributed by atoms with E-state index in [9.17, 15) is 8.42 Å².